The maximum absolute atomic E-state index is 12.6. The van der Waals surface area contributed by atoms with Gasteiger partial charge in [0.05, 0.1) is 11.0 Å². The van der Waals surface area contributed by atoms with Crippen molar-refractivity contribution in [3.8, 4) is 0 Å². The number of aromatic amines is 1. The summed E-state index contributed by atoms with van der Waals surface area (Å²) in [6.07, 6.45) is 3.10. The van der Waals surface area contributed by atoms with E-state index in [9.17, 15) is 4.79 Å². The minimum Gasteiger partial charge on any atom is -0.306 e. The predicted octanol–water partition coefficient (Wildman–Crippen LogP) is 5.18. The first-order valence-electron chi connectivity index (χ1n) is 10.3. The molecule has 1 aliphatic carbocycles. The summed E-state index contributed by atoms with van der Waals surface area (Å²) < 4.78 is 3.16. The van der Waals surface area contributed by atoms with E-state index in [2.05, 4.69) is 56.1 Å². The van der Waals surface area contributed by atoms with E-state index in [1.165, 1.54) is 26.4 Å². The number of piperidine rings is 1. The zero-order valence-corrected chi connectivity index (χ0v) is 17.7. The standard InChI is InChI=1S/C24H22BrN3O/c25-19-9-8-15-14-22(18-5-3-4-17(19)23(15)18)27-12-10-16(11-13-27)28-21-7-2-1-6-20(21)26-24(28)29/h1-9,16,22H,10-14H2,(H,26,29). The van der Waals surface area contributed by atoms with E-state index in [0.29, 0.717) is 6.04 Å². The monoisotopic (exact) mass is 447 g/mol. The first-order valence-corrected chi connectivity index (χ1v) is 11.1. The first-order chi connectivity index (χ1) is 14.2. The Labute approximate surface area is 177 Å². The minimum atomic E-state index is 0.0209. The van der Waals surface area contributed by atoms with Crippen molar-refractivity contribution in [3.05, 3.63) is 80.7 Å². The van der Waals surface area contributed by atoms with E-state index >= 15 is 0 Å². The highest BCUT2D eigenvalue weighted by Gasteiger charge is 2.33. The van der Waals surface area contributed by atoms with E-state index in [0.717, 1.165) is 43.4 Å². The lowest BCUT2D eigenvalue weighted by molar-refractivity contribution is 0.137. The van der Waals surface area contributed by atoms with E-state index in [-0.39, 0.29) is 11.7 Å². The number of aromatic nitrogens is 2. The number of benzene rings is 3. The van der Waals surface area contributed by atoms with Crippen molar-refractivity contribution in [2.24, 2.45) is 0 Å². The lowest BCUT2D eigenvalue weighted by Gasteiger charge is -2.36. The maximum atomic E-state index is 12.6. The molecule has 4 nitrogen and oxygen atoms in total. The molecule has 2 heterocycles. The Bertz CT molecular complexity index is 1300. The molecule has 2 aliphatic rings. The highest BCUT2D eigenvalue weighted by molar-refractivity contribution is 9.10. The molecule has 0 saturated carbocycles. The second kappa shape index (κ2) is 6.57. The Morgan fingerprint density at radius 3 is 2.66 bits per heavy atom. The average molecular weight is 448 g/mol. The van der Waals surface area contributed by atoms with Crippen molar-refractivity contribution in [1.29, 1.82) is 0 Å². The van der Waals surface area contributed by atoms with Gasteiger partial charge in [-0.25, -0.2) is 4.79 Å². The van der Waals surface area contributed by atoms with Crippen molar-refractivity contribution in [1.82, 2.24) is 14.5 Å². The molecule has 1 unspecified atom stereocenters. The predicted molar refractivity (Wildman–Crippen MR) is 120 cm³/mol. The van der Waals surface area contributed by atoms with Crippen molar-refractivity contribution >= 4 is 37.7 Å². The molecule has 1 saturated heterocycles. The molecule has 6 rings (SSSR count). The number of H-pyrrole nitrogens is 1. The molecule has 0 radical (unpaired) electrons. The number of para-hydroxylation sites is 2. The van der Waals surface area contributed by atoms with Crippen LogP contribution in [-0.2, 0) is 6.42 Å². The van der Waals surface area contributed by atoms with E-state index < -0.39 is 0 Å². The SMILES string of the molecule is O=c1[nH]c2ccccc2n1C1CCN(C2Cc3ccc(Br)c4cccc2c34)CC1. The smallest absolute Gasteiger partial charge is 0.306 e. The Hall–Kier alpha value is -2.37. The van der Waals surface area contributed by atoms with Gasteiger partial charge in [-0.1, -0.05) is 52.3 Å². The highest BCUT2D eigenvalue weighted by Crippen LogP contribution is 2.43. The van der Waals surface area contributed by atoms with Gasteiger partial charge in [0.15, 0.2) is 0 Å². The highest BCUT2D eigenvalue weighted by atomic mass is 79.9. The van der Waals surface area contributed by atoms with Crippen molar-refractivity contribution < 1.29 is 0 Å². The molecule has 1 aliphatic heterocycles. The summed E-state index contributed by atoms with van der Waals surface area (Å²) in [5.74, 6) is 0. The summed E-state index contributed by atoms with van der Waals surface area (Å²) in [5.41, 5.74) is 4.90. The Kier molecular flexibility index (Phi) is 3.96. The molecule has 0 spiro atoms. The molecular weight excluding hydrogens is 426 g/mol. The van der Waals surface area contributed by atoms with Crippen LogP contribution in [0, 0.1) is 0 Å². The van der Waals surface area contributed by atoms with Crippen LogP contribution in [0.4, 0.5) is 0 Å². The third-order valence-corrected chi connectivity index (χ3v) is 7.50. The lowest BCUT2D eigenvalue weighted by Crippen LogP contribution is -2.39. The largest absolute Gasteiger partial charge is 0.326 e. The van der Waals surface area contributed by atoms with Crippen molar-refractivity contribution in [2.45, 2.75) is 31.3 Å². The van der Waals surface area contributed by atoms with E-state index in [4.69, 9.17) is 0 Å². The summed E-state index contributed by atoms with van der Waals surface area (Å²) >= 11 is 3.72. The maximum Gasteiger partial charge on any atom is 0.326 e. The number of imidazole rings is 1. The van der Waals surface area contributed by atoms with Crippen LogP contribution >= 0.6 is 15.9 Å². The van der Waals surface area contributed by atoms with Gasteiger partial charge in [-0.15, -0.1) is 0 Å². The minimum absolute atomic E-state index is 0.0209. The Morgan fingerprint density at radius 1 is 0.966 bits per heavy atom. The van der Waals surface area contributed by atoms with Crippen LogP contribution in [0.2, 0.25) is 0 Å². The van der Waals surface area contributed by atoms with Gasteiger partial charge >= 0.3 is 5.69 Å². The Balaban J connectivity index is 1.28. The van der Waals surface area contributed by atoms with Crippen LogP contribution in [0.1, 0.15) is 36.1 Å². The fraction of sp³-hybridized carbons (Fsp3) is 0.292. The van der Waals surface area contributed by atoms with Gasteiger partial charge in [0.2, 0.25) is 0 Å². The van der Waals surface area contributed by atoms with Crippen LogP contribution < -0.4 is 5.69 Å². The van der Waals surface area contributed by atoms with Crippen LogP contribution in [0.3, 0.4) is 0 Å². The summed E-state index contributed by atoms with van der Waals surface area (Å²) in [5, 5.41) is 2.75. The van der Waals surface area contributed by atoms with Crippen molar-refractivity contribution in [3.63, 3.8) is 0 Å². The van der Waals surface area contributed by atoms with Crippen molar-refractivity contribution in [2.75, 3.05) is 13.1 Å². The molecule has 0 amide bonds. The molecule has 4 aromatic rings. The number of likely N-dealkylation sites (tertiary alicyclic amines) is 1. The number of nitrogens with zero attached hydrogens (tertiary/aromatic N) is 2. The second-order valence-electron chi connectivity index (χ2n) is 8.28. The topological polar surface area (TPSA) is 41.0 Å². The molecule has 1 aromatic heterocycles. The normalized spacial score (nSPS) is 20.1. The van der Waals surface area contributed by atoms with Gasteiger partial charge < -0.3 is 4.98 Å². The molecule has 0 bridgehead atoms. The quantitative estimate of drug-likeness (QED) is 0.459. The Morgan fingerprint density at radius 2 is 1.79 bits per heavy atom. The summed E-state index contributed by atoms with van der Waals surface area (Å²) in [4.78, 5) is 18.2. The van der Waals surface area contributed by atoms with E-state index in [1.807, 2.05) is 28.8 Å². The summed E-state index contributed by atoms with van der Waals surface area (Å²) in [7, 11) is 0. The first kappa shape index (κ1) is 17.5. The van der Waals surface area contributed by atoms with Gasteiger partial charge in [-0.2, -0.15) is 0 Å². The zero-order valence-electron chi connectivity index (χ0n) is 16.1. The molecule has 1 N–H and O–H groups in total. The molecule has 1 atom stereocenters. The van der Waals surface area contributed by atoms with Crippen LogP contribution in [0.5, 0.6) is 0 Å². The van der Waals surface area contributed by atoms with Gasteiger partial charge in [-0.05, 0) is 59.4 Å². The van der Waals surface area contributed by atoms with Crippen LogP contribution in [0.25, 0.3) is 21.8 Å². The number of rotatable bonds is 2. The fourth-order valence-corrected chi connectivity index (χ4v) is 5.92. The molecule has 29 heavy (non-hydrogen) atoms. The van der Waals surface area contributed by atoms with Gasteiger partial charge in [0.25, 0.3) is 0 Å². The van der Waals surface area contributed by atoms with E-state index in [1.54, 1.807) is 0 Å². The zero-order chi connectivity index (χ0) is 19.5. The number of fused-ring (bicyclic) bond motifs is 1. The number of hydrogen-bond donors (Lipinski definition) is 1. The van der Waals surface area contributed by atoms with Gasteiger partial charge in [-0.3, -0.25) is 9.47 Å². The van der Waals surface area contributed by atoms with Crippen LogP contribution in [-0.4, -0.2) is 27.5 Å². The molecular formula is C24H22BrN3O. The fourth-order valence-electron chi connectivity index (χ4n) is 5.46. The third kappa shape index (κ3) is 2.64. The number of halogens is 1. The number of nitrogens with one attached hydrogen (secondary N) is 1. The third-order valence-electron chi connectivity index (χ3n) is 6.81. The van der Waals surface area contributed by atoms with Crippen LogP contribution in [0.15, 0.2) is 63.9 Å². The second-order valence-corrected chi connectivity index (χ2v) is 9.14. The molecule has 146 valence electrons. The average Bonchev–Trinajstić information content (AvgIpc) is 3.29. The number of hydrogen-bond acceptors (Lipinski definition) is 2. The molecule has 1 fully saturated rings. The van der Waals surface area contributed by atoms with Gasteiger partial charge in [0.1, 0.15) is 0 Å². The molecule has 5 heteroatoms. The lowest BCUT2D eigenvalue weighted by atomic mass is 9.99. The summed E-state index contributed by atoms with van der Waals surface area (Å²) in [6, 6.07) is 19.9. The molecule has 3 aromatic carbocycles. The summed E-state index contributed by atoms with van der Waals surface area (Å²) in [6.45, 7) is 2.04. The van der Waals surface area contributed by atoms with Gasteiger partial charge in [0, 0.05) is 29.6 Å².